The van der Waals surface area contributed by atoms with Gasteiger partial charge in [0.15, 0.2) is 0 Å². The van der Waals surface area contributed by atoms with Gasteiger partial charge >= 0.3 is 42.7 Å². The van der Waals surface area contributed by atoms with E-state index in [1.807, 2.05) is 25.0 Å². The Labute approximate surface area is 67.9 Å². The van der Waals surface area contributed by atoms with Crippen LogP contribution in [-0.4, -0.2) is 11.9 Å². The first-order valence-electron chi connectivity index (χ1n) is 2.27. The smallest absolute Gasteiger partial charge is 0.147 e. The molecule has 0 atom stereocenters. The monoisotopic (exact) mass is 163 g/mol. The molecule has 1 heterocycles. The second kappa shape index (κ2) is 6.05. The Kier molecular flexibility index (Phi) is 7.86. The van der Waals surface area contributed by atoms with Crippen molar-refractivity contribution in [3.8, 4) is 0 Å². The van der Waals surface area contributed by atoms with Gasteiger partial charge in [-0.05, 0) is 0 Å². The van der Waals surface area contributed by atoms with Crippen LogP contribution in [0.5, 0.6) is 0 Å². The summed E-state index contributed by atoms with van der Waals surface area (Å²) in [5.74, 6) is 1.91. The zero-order valence-electron chi connectivity index (χ0n) is 5.07. The second-order valence-corrected chi connectivity index (χ2v) is 1.47. The van der Waals surface area contributed by atoms with Crippen LogP contribution in [0.25, 0.3) is 0 Å². The molecule has 0 aliphatic rings. The molecule has 0 spiro atoms. The average molecular weight is 164 g/mol. The molecule has 0 saturated heterocycles. The van der Waals surface area contributed by atoms with E-state index in [1.165, 1.54) is 0 Å². The topological polar surface area (TPSA) is 12.9 Å². The molecule has 0 N–H and O–H groups in total. The van der Waals surface area contributed by atoms with E-state index < -0.39 is 0 Å². The Morgan fingerprint density at radius 2 is 2.11 bits per heavy atom. The molecule has 0 aliphatic heterocycles. The molecule has 0 fully saturated rings. The van der Waals surface area contributed by atoms with E-state index in [-0.39, 0.29) is 24.8 Å². The summed E-state index contributed by atoms with van der Waals surface area (Å²) < 4.78 is 0. The SMILES string of the molecule is Cc1cccbn1.Cl.Cl. The van der Waals surface area contributed by atoms with Crippen LogP contribution in [0.3, 0.4) is 0 Å². The van der Waals surface area contributed by atoms with Crippen molar-refractivity contribution in [3.05, 3.63) is 23.8 Å². The van der Waals surface area contributed by atoms with Crippen LogP contribution in [0.2, 0.25) is 0 Å². The summed E-state index contributed by atoms with van der Waals surface area (Å²) >= 11 is 0. The maximum Gasteiger partial charge on any atom is -0.147 e. The minimum absolute atomic E-state index is 0. The molecule has 0 aliphatic carbocycles. The average Bonchev–Trinajstić information content (AvgIpc) is 1.69. The van der Waals surface area contributed by atoms with Gasteiger partial charge in [-0.2, -0.15) is 0 Å². The first kappa shape index (κ1) is 11.7. The third kappa shape index (κ3) is 4.43. The Balaban J connectivity index is 0. The van der Waals surface area contributed by atoms with Gasteiger partial charge in [-0.15, -0.1) is 24.8 Å². The molecule has 50 valence electrons. The van der Waals surface area contributed by atoms with Crippen LogP contribution in [0.1, 0.15) is 5.69 Å². The zero-order chi connectivity index (χ0) is 5.11. The van der Waals surface area contributed by atoms with Crippen molar-refractivity contribution in [3.63, 3.8) is 0 Å². The van der Waals surface area contributed by atoms with E-state index in [2.05, 4.69) is 4.89 Å². The van der Waals surface area contributed by atoms with E-state index in [0.717, 1.165) is 5.69 Å². The van der Waals surface area contributed by atoms with Gasteiger partial charge in [-0.1, -0.05) is 0 Å². The molecule has 1 nitrogen and oxygen atoms in total. The van der Waals surface area contributed by atoms with Crippen molar-refractivity contribution in [1.29, 1.82) is 0 Å². The minimum Gasteiger partial charge on any atom is -0.147 e. The molecule has 0 aromatic carbocycles. The summed E-state index contributed by atoms with van der Waals surface area (Å²) in [6.45, 7) is 1.97. The third-order valence-corrected chi connectivity index (χ3v) is 0.813. The largest absolute Gasteiger partial charge is 0.147 e. The number of aryl methyl sites for hydroxylation is 1. The molecular formula is C5H8BCl2N. The van der Waals surface area contributed by atoms with E-state index >= 15 is 0 Å². The van der Waals surface area contributed by atoms with Crippen molar-refractivity contribution in [2.24, 2.45) is 0 Å². The molecule has 4 heteroatoms. The van der Waals surface area contributed by atoms with Gasteiger partial charge in [0.25, 0.3) is 0 Å². The molecule has 0 unspecified atom stereocenters. The van der Waals surface area contributed by atoms with Crippen molar-refractivity contribution < 1.29 is 0 Å². The van der Waals surface area contributed by atoms with Crippen LogP contribution in [0, 0.1) is 6.92 Å². The number of hydrogen-bond donors (Lipinski definition) is 0. The Morgan fingerprint density at radius 3 is 2.33 bits per heavy atom. The predicted octanol–water partition coefficient (Wildman–Crippen LogP) is 1.57. The number of hydrogen-bond acceptors (Lipinski definition) is 1. The fourth-order valence-corrected chi connectivity index (χ4v) is 0.448. The molecule has 0 amide bonds. The molecule has 1 rings (SSSR count). The molecular weight excluding hydrogens is 156 g/mol. The summed E-state index contributed by atoms with van der Waals surface area (Å²) in [7, 11) is 1.79. The summed E-state index contributed by atoms with van der Waals surface area (Å²) in [6, 6.07) is 3.95. The van der Waals surface area contributed by atoms with E-state index in [9.17, 15) is 0 Å². The molecule has 0 radical (unpaired) electrons. The van der Waals surface area contributed by atoms with Crippen molar-refractivity contribution in [2.45, 2.75) is 6.92 Å². The van der Waals surface area contributed by atoms with Crippen molar-refractivity contribution >= 4 is 31.9 Å². The van der Waals surface area contributed by atoms with Crippen LogP contribution in [0.4, 0.5) is 0 Å². The van der Waals surface area contributed by atoms with Crippen LogP contribution in [-0.2, 0) is 0 Å². The summed E-state index contributed by atoms with van der Waals surface area (Å²) in [6.07, 6.45) is 0. The van der Waals surface area contributed by atoms with Gasteiger partial charge in [-0.3, -0.25) is 0 Å². The fraction of sp³-hybridized carbons (Fsp3) is 0.200. The van der Waals surface area contributed by atoms with Crippen LogP contribution < -0.4 is 0 Å². The number of rotatable bonds is 0. The predicted molar refractivity (Wildman–Crippen MR) is 44.8 cm³/mol. The fourth-order valence-electron chi connectivity index (χ4n) is 0.448. The Morgan fingerprint density at radius 1 is 1.44 bits per heavy atom. The maximum absolute atomic E-state index is 3.98. The number of nitrogens with zero attached hydrogens (tertiary/aromatic N) is 1. The van der Waals surface area contributed by atoms with Gasteiger partial charge in [0, 0.05) is 0 Å². The van der Waals surface area contributed by atoms with Gasteiger partial charge < -0.3 is 0 Å². The second-order valence-electron chi connectivity index (χ2n) is 1.47. The van der Waals surface area contributed by atoms with Crippen molar-refractivity contribution in [2.75, 3.05) is 0 Å². The van der Waals surface area contributed by atoms with Gasteiger partial charge in [0.05, 0.1) is 0 Å². The van der Waals surface area contributed by atoms with Gasteiger partial charge in [0.2, 0.25) is 0 Å². The molecule has 1 aromatic heterocycles. The van der Waals surface area contributed by atoms with Gasteiger partial charge in [0.1, 0.15) is 0 Å². The maximum atomic E-state index is 3.98. The van der Waals surface area contributed by atoms with E-state index in [0.29, 0.717) is 0 Å². The Hall–Kier alpha value is -0.0751. The third-order valence-electron chi connectivity index (χ3n) is 0.813. The zero-order valence-corrected chi connectivity index (χ0v) is 6.71. The van der Waals surface area contributed by atoms with Crippen molar-refractivity contribution in [1.82, 2.24) is 4.89 Å². The first-order valence-corrected chi connectivity index (χ1v) is 2.27. The molecule has 0 bridgehead atoms. The molecule has 1 aromatic rings. The molecule has 9 heavy (non-hydrogen) atoms. The number of aromatic nitrogens is 1. The summed E-state index contributed by atoms with van der Waals surface area (Å²) in [5.41, 5.74) is 1.07. The number of halogens is 2. The standard InChI is InChI=1S/C5H6BN.2ClH/c1-5-3-2-4-6-7-5;;/h2-4H,1H3;2*1H. The summed E-state index contributed by atoms with van der Waals surface area (Å²) in [4.78, 5) is 3.98. The summed E-state index contributed by atoms with van der Waals surface area (Å²) in [5, 5.41) is 0. The molecule has 0 saturated carbocycles. The van der Waals surface area contributed by atoms with E-state index in [4.69, 9.17) is 0 Å². The Bertz CT molecular complexity index is 145. The van der Waals surface area contributed by atoms with Crippen LogP contribution >= 0.6 is 24.8 Å². The first-order chi connectivity index (χ1) is 3.39. The van der Waals surface area contributed by atoms with E-state index in [1.54, 1.807) is 7.05 Å². The minimum atomic E-state index is 0. The quantitative estimate of drug-likeness (QED) is 0.566. The normalized spacial score (nSPS) is 6.33. The van der Waals surface area contributed by atoms with Gasteiger partial charge in [-0.25, -0.2) is 0 Å². The van der Waals surface area contributed by atoms with Crippen LogP contribution in [0.15, 0.2) is 18.1 Å².